The van der Waals surface area contributed by atoms with Crippen molar-refractivity contribution in [3.8, 4) is 0 Å². The Morgan fingerprint density at radius 1 is 1.27 bits per heavy atom. The zero-order chi connectivity index (χ0) is 30.0. The molecule has 0 unspecified atom stereocenters. The Labute approximate surface area is 245 Å². The average molecular weight is 591 g/mol. The first kappa shape index (κ1) is 33.2. The molecule has 1 heterocycles. The number of hydrogen-bond acceptors (Lipinski definition) is 8. The van der Waals surface area contributed by atoms with Gasteiger partial charge in [-0.2, -0.15) is 0 Å². The largest absolute Gasteiger partial charge is 0.504 e. The molecule has 0 fully saturated rings. The summed E-state index contributed by atoms with van der Waals surface area (Å²) in [6.45, 7) is 12.7. The van der Waals surface area contributed by atoms with Crippen molar-refractivity contribution in [3.05, 3.63) is 81.2 Å². The lowest BCUT2D eigenvalue weighted by molar-refractivity contribution is -0.132. The maximum Gasteiger partial charge on any atom is 0.256 e. The fraction of sp³-hybridized carbons (Fsp3) is 0.433. The molecule has 0 aliphatic heterocycles. The molecule has 0 aliphatic carbocycles. The number of methoxy groups -OCH3 is 1. The van der Waals surface area contributed by atoms with Gasteiger partial charge in [-0.15, -0.1) is 11.3 Å². The van der Waals surface area contributed by atoms with E-state index in [1.165, 1.54) is 29.4 Å². The Hall–Kier alpha value is -2.98. The molecule has 2 aromatic rings. The van der Waals surface area contributed by atoms with Crippen LogP contribution in [0.4, 0.5) is 5.69 Å². The molecular formula is C30H39ClN2O6S. The van der Waals surface area contributed by atoms with Gasteiger partial charge >= 0.3 is 0 Å². The number of aliphatic hydroxyl groups excluding tert-OH is 2. The standard InChI is InChI=1S/C30H39ClN2O6S/c1-8-22-16-32-28(40-22)24(35)15-26(39-19(4)23(9-2)27(36)25(10-3)38-7)29(37)33(17-30(5,6)18-34)21-13-11-20(31)12-14-21/h9-14,16,19,26,34,36H,2,8,15,17-18H2,1,3-7H3/b25-10+,27-23-/t19-,26+/m0/s1. The number of nitrogens with zero attached hydrogens (tertiary/aromatic N) is 2. The third kappa shape index (κ3) is 8.76. The molecule has 1 aromatic carbocycles. The van der Waals surface area contributed by atoms with Gasteiger partial charge in [-0.1, -0.05) is 45.0 Å². The number of carbonyl (C=O) groups excluding carboxylic acids is 2. The number of aliphatic hydroxyl groups is 2. The van der Waals surface area contributed by atoms with Crippen LogP contribution in [0, 0.1) is 5.41 Å². The normalized spacial score (nSPS) is 14.2. The third-order valence-electron chi connectivity index (χ3n) is 6.22. The number of allylic oxidation sites excluding steroid dienone is 1. The van der Waals surface area contributed by atoms with E-state index in [4.69, 9.17) is 21.1 Å². The van der Waals surface area contributed by atoms with E-state index in [0.717, 1.165) is 11.3 Å². The lowest BCUT2D eigenvalue weighted by Gasteiger charge is -2.34. The predicted octanol–water partition coefficient (Wildman–Crippen LogP) is 6.31. The smallest absolute Gasteiger partial charge is 0.256 e. The molecular weight excluding hydrogens is 552 g/mol. The third-order valence-corrected chi connectivity index (χ3v) is 7.66. The van der Waals surface area contributed by atoms with Crippen LogP contribution in [0.2, 0.25) is 5.02 Å². The topological polar surface area (TPSA) is 109 Å². The number of rotatable bonds is 15. The summed E-state index contributed by atoms with van der Waals surface area (Å²) in [4.78, 5) is 34.2. The van der Waals surface area contributed by atoms with Crippen molar-refractivity contribution < 1.29 is 29.3 Å². The number of benzene rings is 1. The molecule has 0 saturated carbocycles. The minimum absolute atomic E-state index is 0.144. The van der Waals surface area contributed by atoms with E-state index in [2.05, 4.69) is 11.6 Å². The van der Waals surface area contributed by atoms with Crippen LogP contribution in [0.1, 0.15) is 55.7 Å². The van der Waals surface area contributed by atoms with Crippen molar-refractivity contribution in [1.29, 1.82) is 0 Å². The van der Waals surface area contributed by atoms with Crippen molar-refractivity contribution >= 4 is 40.3 Å². The summed E-state index contributed by atoms with van der Waals surface area (Å²) in [5, 5.41) is 21.6. The molecule has 0 saturated heterocycles. The highest BCUT2D eigenvalue weighted by Crippen LogP contribution is 2.28. The summed E-state index contributed by atoms with van der Waals surface area (Å²) >= 11 is 7.38. The zero-order valence-corrected chi connectivity index (χ0v) is 25.5. The molecule has 10 heteroatoms. The SMILES string of the molecule is C=C/C(=C(O)\C(=C/C)OC)[C@H](C)O[C@H](CC(=O)c1ncc(CC)s1)C(=O)N(CC(C)(C)CO)c1ccc(Cl)cc1. The minimum Gasteiger partial charge on any atom is -0.504 e. The fourth-order valence-corrected chi connectivity index (χ4v) is 4.81. The van der Waals surface area contributed by atoms with Crippen molar-refractivity contribution in [2.75, 3.05) is 25.2 Å². The number of thiazole rings is 1. The first-order chi connectivity index (χ1) is 18.9. The number of halogens is 1. The van der Waals surface area contributed by atoms with Gasteiger partial charge in [0.2, 0.25) is 0 Å². The van der Waals surface area contributed by atoms with E-state index in [1.807, 2.05) is 20.8 Å². The minimum atomic E-state index is -1.25. The van der Waals surface area contributed by atoms with Gasteiger partial charge in [-0.25, -0.2) is 4.98 Å². The summed E-state index contributed by atoms with van der Waals surface area (Å²) in [5.41, 5.74) is 0.159. The Balaban J connectivity index is 2.56. The molecule has 2 N–H and O–H groups in total. The molecule has 0 radical (unpaired) electrons. The summed E-state index contributed by atoms with van der Waals surface area (Å²) in [5.74, 6) is -0.801. The molecule has 0 aliphatic rings. The van der Waals surface area contributed by atoms with Gasteiger partial charge in [0, 0.05) is 52.3 Å². The number of aromatic nitrogens is 1. The van der Waals surface area contributed by atoms with Crippen LogP contribution in [0.25, 0.3) is 0 Å². The number of hydrogen-bond donors (Lipinski definition) is 2. The monoisotopic (exact) mass is 590 g/mol. The van der Waals surface area contributed by atoms with Gasteiger partial charge in [0.1, 0.15) is 6.10 Å². The number of amides is 1. The second kappa shape index (κ2) is 15.1. The fourth-order valence-electron chi connectivity index (χ4n) is 3.89. The van der Waals surface area contributed by atoms with Gasteiger partial charge in [0.05, 0.1) is 13.2 Å². The highest BCUT2D eigenvalue weighted by molar-refractivity contribution is 7.13. The van der Waals surface area contributed by atoms with Gasteiger partial charge in [-0.3, -0.25) is 9.59 Å². The van der Waals surface area contributed by atoms with E-state index in [9.17, 15) is 19.8 Å². The number of ether oxygens (including phenoxy) is 2. The molecule has 218 valence electrons. The summed E-state index contributed by atoms with van der Waals surface area (Å²) in [7, 11) is 1.42. The van der Waals surface area contributed by atoms with Gasteiger partial charge in [-0.05, 0) is 50.6 Å². The molecule has 1 amide bonds. The number of aryl methyl sites for hydroxylation is 1. The second-order valence-electron chi connectivity index (χ2n) is 9.97. The second-order valence-corrected chi connectivity index (χ2v) is 11.5. The molecule has 0 bridgehead atoms. The maximum absolute atomic E-state index is 14.2. The van der Waals surface area contributed by atoms with Crippen LogP contribution in [0.3, 0.4) is 0 Å². The van der Waals surface area contributed by atoms with Crippen LogP contribution in [-0.4, -0.2) is 59.4 Å². The number of ketones is 1. The Bertz CT molecular complexity index is 1240. The van der Waals surface area contributed by atoms with E-state index >= 15 is 0 Å². The number of Topliss-reactive ketones (excluding diaryl/α,β-unsaturated/α-hetero) is 1. The van der Waals surface area contributed by atoms with Crippen molar-refractivity contribution in [2.45, 2.75) is 59.7 Å². The van der Waals surface area contributed by atoms with E-state index in [-0.39, 0.29) is 47.5 Å². The first-order valence-corrected chi connectivity index (χ1v) is 14.2. The van der Waals surface area contributed by atoms with Gasteiger partial charge in [0.25, 0.3) is 5.91 Å². The summed E-state index contributed by atoms with van der Waals surface area (Å²) in [6, 6.07) is 6.72. The molecule has 0 spiro atoms. The van der Waals surface area contributed by atoms with E-state index < -0.39 is 23.5 Å². The van der Waals surface area contributed by atoms with Crippen molar-refractivity contribution in [1.82, 2.24) is 4.98 Å². The lowest BCUT2D eigenvalue weighted by atomic mass is 9.93. The molecule has 8 nitrogen and oxygen atoms in total. The van der Waals surface area contributed by atoms with Crippen LogP contribution in [-0.2, 0) is 20.7 Å². The number of anilines is 1. The van der Waals surface area contributed by atoms with E-state index in [0.29, 0.717) is 10.7 Å². The average Bonchev–Trinajstić information content (AvgIpc) is 3.42. The van der Waals surface area contributed by atoms with E-state index in [1.54, 1.807) is 50.4 Å². The number of carbonyl (C=O) groups is 2. The van der Waals surface area contributed by atoms with Gasteiger partial charge in [0.15, 0.2) is 22.3 Å². The Morgan fingerprint density at radius 2 is 1.93 bits per heavy atom. The van der Waals surface area contributed by atoms with Crippen LogP contribution >= 0.6 is 22.9 Å². The van der Waals surface area contributed by atoms with Crippen molar-refractivity contribution in [2.24, 2.45) is 5.41 Å². The van der Waals surface area contributed by atoms with Crippen molar-refractivity contribution in [3.63, 3.8) is 0 Å². The molecule has 40 heavy (non-hydrogen) atoms. The van der Waals surface area contributed by atoms with Crippen LogP contribution in [0.5, 0.6) is 0 Å². The molecule has 2 rings (SSSR count). The quantitative estimate of drug-likeness (QED) is 0.142. The maximum atomic E-state index is 14.2. The summed E-state index contributed by atoms with van der Waals surface area (Å²) in [6.07, 6.45) is 3.03. The predicted molar refractivity (Wildman–Crippen MR) is 160 cm³/mol. The Morgan fingerprint density at radius 3 is 2.42 bits per heavy atom. The summed E-state index contributed by atoms with van der Waals surface area (Å²) < 4.78 is 11.5. The van der Waals surface area contributed by atoms with Crippen LogP contribution < -0.4 is 4.90 Å². The highest BCUT2D eigenvalue weighted by atomic mass is 35.5. The first-order valence-electron chi connectivity index (χ1n) is 13.0. The van der Waals surface area contributed by atoms with Crippen LogP contribution in [0.15, 0.2) is 66.3 Å². The molecule has 1 aromatic heterocycles. The highest BCUT2D eigenvalue weighted by Gasteiger charge is 2.35. The Kier molecular flexibility index (Phi) is 12.6. The molecule has 2 atom stereocenters. The van der Waals surface area contributed by atoms with Gasteiger partial charge < -0.3 is 24.6 Å². The zero-order valence-electron chi connectivity index (χ0n) is 23.9. The lowest BCUT2D eigenvalue weighted by Crippen LogP contribution is -2.47.